The molecule has 0 amide bonds. The number of aldehydes is 1. The van der Waals surface area contributed by atoms with Crippen LogP contribution in [0.2, 0.25) is 18.1 Å². The van der Waals surface area contributed by atoms with Gasteiger partial charge in [-0.3, -0.25) is 9.48 Å². The van der Waals surface area contributed by atoms with E-state index < -0.39 is 8.32 Å². The van der Waals surface area contributed by atoms with Crippen molar-refractivity contribution in [2.45, 2.75) is 52.1 Å². The van der Waals surface area contributed by atoms with Gasteiger partial charge in [0.15, 0.2) is 14.6 Å². The van der Waals surface area contributed by atoms with Gasteiger partial charge in [-0.15, -0.1) is 0 Å². The number of hydrogen-bond acceptors (Lipinski definition) is 3. The Kier molecular flexibility index (Phi) is 5.83. The molecule has 130 valence electrons. The number of hydrogen-bond donors (Lipinski definition) is 0. The van der Waals surface area contributed by atoms with Crippen LogP contribution < -0.4 is 0 Å². The molecule has 0 saturated heterocycles. The summed E-state index contributed by atoms with van der Waals surface area (Å²) < 4.78 is 9.18. The molecule has 0 aliphatic carbocycles. The van der Waals surface area contributed by atoms with Crippen LogP contribution in [0.25, 0.3) is 0 Å². The summed E-state index contributed by atoms with van der Waals surface area (Å²) in [4.78, 5) is 11.1. The molecule has 2 aromatic rings. The molecule has 0 unspecified atom stereocenters. The number of carbonyl (C=O) groups is 1. The average Bonchev–Trinajstić information content (AvgIpc) is 2.86. The topological polar surface area (TPSA) is 44.1 Å². The predicted octanol–water partition coefficient (Wildman–Crippen LogP) is 5.03. The van der Waals surface area contributed by atoms with E-state index in [-0.39, 0.29) is 5.04 Å². The number of aromatic nitrogens is 2. The van der Waals surface area contributed by atoms with Crippen molar-refractivity contribution in [3.63, 3.8) is 0 Å². The fourth-order valence-electron chi connectivity index (χ4n) is 2.07. The first-order valence-corrected chi connectivity index (χ1v) is 11.7. The van der Waals surface area contributed by atoms with Crippen LogP contribution in [-0.2, 0) is 17.6 Å². The van der Waals surface area contributed by atoms with Gasteiger partial charge < -0.3 is 4.43 Å². The van der Waals surface area contributed by atoms with Gasteiger partial charge >= 0.3 is 0 Å². The molecule has 1 aromatic carbocycles. The van der Waals surface area contributed by atoms with Crippen LogP contribution in [0.15, 0.2) is 34.8 Å². The first kappa shape index (κ1) is 19.1. The SMILES string of the molecule is CC(C)(C)[Si](C)(C)OCc1cc(C=O)nn1Cc1cccc(Br)c1. The van der Waals surface area contributed by atoms with Crippen LogP contribution in [0.1, 0.15) is 42.5 Å². The molecule has 4 nitrogen and oxygen atoms in total. The summed E-state index contributed by atoms with van der Waals surface area (Å²) in [5.41, 5.74) is 2.50. The highest BCUT2D eigenvalue weighted by Crippen LogP contribution is 2.37. The highest BCUT2D eigenvalue weighted by molar-refractivity contribution is 9.10. The van der Waals surface area contributed by atoms with Gasteiger partial charge in [-0.2, -0.15) is 5.10 Å². The number of nitrogens with zero attached hydrogens (tertiary/aromatic N) is 2. The van der Waals surface area contributed by atoms with Crippen molar-refractivity contribution < 1.29 is 9.22 Å². The third-order valence-electron chi connectivity index (χ3n) is 4.61. The molecule has 1 heterocycles. The largest absolute Gasteiger partial charge is 0.411 e. The second kappa shape index (κ2) is 7.33. The number of rotatable bonds is 6. The molecule has 2 rings (SSSR count). The highest BCUT2D eigenvalue weighted by atomic mass is 79.9. The van der Waals surface area contributed by atoms with Gasteiger partial charge in [0.2, 0.25) is 0 Å². The van der Waals surface area contributed by atoms with Crippen LogP contribution in [0, 0.1) is 0 Å². The minimum absolute atomic E-state index is 0.148. The smallest absolute Gasteiger partial charge is 0.192 e. The lowest BCUT2D eigenvalue weighted by atomic mass is 10.2. The molecule has 6 heteroatoms. The number of halogens is 1. The van der Waals surface area contributed by atoms with E-state index in [1.165, 1.54) is 0 Å². The Morgan fingerprint density at radius 2 is 2.00 bits per heavy atom. The van der Waals surface area contributed by atoms with Crippen LogP contribution in [-0.4, -0.2) is 24.4 Å². The lowest BCUT2D eigenvalue weighted by molar-refractivity contribution is 0.111. The molecular weight excluding hydrogens is 384 g/mol. The molecule has 0 N–H and O–H groups in total. The molecular formula is C18H25BrN2O2Si. The van der Waals surface area contributed by atoms with Crippen molar-refractivity contribution in [2.75, 3.05) is 0 Å². The van der Waals surface area contributed by atoms with E-state index in [1.54, 1.807) is 0 Å². The van der Waals surface area contributed by atoms with Gasteiger partial charge in [-0.05, 0) is 41.9 Å². The third-order valence-corrected chi connectivity index (χ3v) is 9.58. The standard InChI is InChI=1S/C18H25BrN2O2Si/c1-18(2,3)24(4,5)23-13-17-10-16(12-22)20-21(17)11-14-7-6-8-15(19)9-14/h6-10,12H,11,13H2,1-5H3. The van der Waals surface area contributed by atoms with Gasteiger partial charge in [0.1, 0.15) is 5.69 Å². The molecule has 0 atom stereocenters. The third kappa shape index (κ3) is 4.65. The van der Waals surface area contributed by atoms with Gasteiger partial charge in [0, 0.05) is 4.47 Å². The van der Waals surface area contributed by atoms with Crippen LogP contribution >= 0.6 is 15.9 Å². The van der Waals surface area contributed by atoms with Crippen LogP contribution in [0.3, 0.4) is 0 Å². The zero-order valence-electron chi connectivity index (χ0n) is 15.0. The van der Waals surface area contributed by atoms with Crippen LogP contribution in [0.4, 0.5) is 0 Å². The Morgan fingerprint density at radius 3 is 2.58 bits per heavy atom. The molecule has 0 aliphatic rings. The second-order valence-electron chi connectivity index (χ2n) is 7.51. The van der Waals surface area contributed by atoms with Crippen molar-refractivity contribution in [3.8, 4) is 0 Å². The van der Waals surface area contributed by atoms with E-state index in [9.17, 15) is 4.79 Å². The molecule has 0 aliphatic heterocycles. The maximum Gasteiger partial charge on any atom is 0.192 e. The Bertz CT molecular complexity index is 720. The highest BCUT2D eigenvalue weighted by Gasteiger charge is 2.37. The van der Waals surface area contributed by atoms with E-state index >= 15 is 0 Å². The summed E-state index contributed by atoms with van der Waals surface area (Å²) in [6.07, 6.45) is 0.785. The molecule has 0 bridgehead atoms. The van der Waals surface area contributed by atoms with Crippen molar-refractivity contribution in [3.05, 3.63) is 51.8 Å². The van der Waals surface area contributed by atoms with Gasteiger partial charge in [0.25, 0.3) is 0 Å². The minimum Gasteiger partial charge on any atom is -0.411 e. The summed E-state index contributed by atoms with van der Waals surface area (Å²) >= 11 is 3.49. The molecule has 0 radical (unpaired) electrons. The maximum absolute atomic E-state index is 11.1. The van der Waals surface area contributed by atoms with E-state index in [2.05, 4.69) is 61.0 Å². The summed E-state index contributed by atoms with van der Waals surface area (Å²) in [5.74, 6) is 0. The average molecular weight is 409 g/mol. The van der Waals surface area contributed by atoms with E-state index in [0.29, 0.717) is 18.8 Å². The summed E-state index contributed by atoms with van der Waals surface area (Å²) in [5, 5.41) is 4.53. The monoisotopic (exact) mass is 408 g/mol. The fraction of sp³-hybridized carbons (Fsp3) is 0.444. The molecule has 0 fully saturated rings. The first-order chi connectivity index (χ1) is 11.1. The van der Waals surface area contributed by atoms with Crippen molar-refractivity contribution in [1.29, 1.82) is 0 Å². The van der Waals surface area contributed by atoms with Crippen molar-refractivity contribution in [1.82, 2.24) is 9.78 Å². The van der Waals surface area contributed by atoms with Crippen molar-refractivity contribution >= 4 is 30.5 Å². The Labute approximate surface area is 153 Å². The minimum atomic E-state index is -1.85. The Morgan fingerprint density at radius 1 is 1.29 bits per heavy atom. The lowest BCUT2D eigenvalue weighted by Gasteiger charge is -2.36. The first-order valence-electron chi connectivity index (χ1n) is 8.03. The van der Waals surface area contributed by atoms with E-state index in [4.69, 9.17) is 4.43 Å². The van der Waals surface area contributed by atoms with Gasteiger partial charge in [0.05, 0.1) is 18.8 Å². The summed E-state index contributed by atoms with van der Waals surface area (Å²) in [6, 6.07) is 9.91. The molecule has 1 aromatic heterocycles. The summed E-state index contributed by atoms with van der Waals surface area (Å²) in [6.45, 7) is 12.2. The normalized spacial score (nSPS) is 12.4. The Balaban J connectivity index is 2.21. The zero-order chi connectivity index (χ0) is 18.0. The maximum atomic E-state index is 11.1. The van der Waals surface area contributed by atoms with Crippen LogP contribution in [0.5, 0.6) is 0 Å². The van der Waals surface area contributed by atoms with Crippen molar-refractivity contribution in [2.24, 2.45) is 0 Å². The summed E-state index contributed by atoms with van der Waals surface area (Å²) in [7, 11) is -1.85. The number of carbonyl (C=O) groups excluding carboxylic acids is 1. The fourth-order valence-corrected chi connectivity index (χ4v) is 3.46. The zero-order valence-corrected chi connectivity index (χ0v) is 17.6. The Hall–Kier alpha value is -1.24. The molecule has 0 saturated carbocycles. The van der Waals surface area contributed by atoms with Gasteiger partial charge in [-0.1, -0.05) is 48.8 Å². The number of benzene rings is 1. The van der Waals surface area contributed by atoms with Gasteiger partial charge in [-0.25, -0.2) is 0 Å². The lowest BCUT2D eigenvalue weighted by Crippen LogP contribution is -2.40. The second-order valence-corrected chi connectivity index (χ2v) is 13.2. The van der Waals surface area contributed by atoms with E-state index in [1.807, 2.05) is 28.9 Å². The molecule has 24 heavy (non-hydrogen) atoms. The van der Waals surface area contributed by atoms with E-state index in [0.717, 1.165) is 22.0 Å². The predicted molar refractivity (Wildman–Crippen MR) is 103 cm³/mol. The quantitative estimate of drug-likeness (QED) is 0.497. The molecule has 0 spiro atoms.